The van der Waals surface area contributed by atoms with Crippen molar-refractivity contribution in [3.63, 3.8) is 0 Å². The predicted molar refractivity (Wildman–Crippen MR) is 73.1 cm³/mol. The molecule has 1 fully saturated rings. The van der Waals surface area contributed by atoms with Gasteiger partial charge in [-0.05, 0) is 19.8 Å². The molecule has 6 nitrogen and oxygen atoms in total. The van der Waals surface area contributed by atoms with Crippen LogP contribution in [0.2, 0.25) is 0 Å². The maximum absolute atomic E-state index is 11.9. The largest absolute Gasteiger partial charge is 0.394 e. The minimum Gasteiger partial charge on any atom is -0.394 e. The normalized spacial score (nSPS) is 16.3. The van der Waals surface area contributed by atoms with Gasteiger partial charge in [-0.15, -0.1) is 0 Å². The zero-order valence-electron chi connectivity index (χ0n) is 11.4. The van der Waals surface area contributed by atoms with E-state index in [2.05, 4.69) is 15.7 Å². The lowest BCUT2D eigenvalue weighted by atomic mass is 9.96. The average Bonchev–Trinajstić information content (AvgIpc) is 2.71. The monoisotopic (exact) mass is 266 g/mol. The van der Waals surface area contributed by atoms with Gasteiger partial charge in [0.25, 0.3) is 0 Å². The third kappa shape index (κ3) is 3.96. The van der Waals surface area contributed by atoms with Gasteiger partial charge in [-0.25, -0.2) is 9.48 Å². The van der Waals surface area contributed by atoms with Crippen molar-refractivity contribution in [2.45, 2.75) is 51.6 Å². The first kappa shape index (κ1) is 13.9. The highest BCUT2D eigenvalue weighted by Crippen LogP contribution is 2.17. The Hall–Kier alpha value is -1.56. The number of aryl methyl sites for hydroxylation is 1. The van der Waals surface area contributed by atoms with E-state index in [0.717, 1.165) is 18.5 Å². The highest BCUT2D eigenvalue weighted by atomic mass is 16.3. The van der Waals surface area contributed by atoms with Crippen LogP contribution in [-0.2, 0) is 6.54 Å². The summed E-state index contributed by atoms with van der Waals surface area (Å²) in [6.07, 6.45) is 5.76. The Morgan fingerprint density at radius 2 is 2.21 bits per heavy atom. The van der Waals surface area contributed by atoms with Gasteiger partial charge in [0, 0.05) is 12.1 Å². The maximum atomic E-state index is 11.9. The molecule has 3 N–H and O–H groups in total. The number of hydrogen-bond donors (Lipinski definition) is 3. The van der Waals surface area contributed by atoms with Gasteiger partial charge >= 0.3 is 6.03 Å². The Balaban J connectivity index is 1.90. The van der Waals surface area contributed by atoms with Crippen LogP contribution in [0.25, 0.3) is 0 Å². The molecule has 0 unspecified atom stereocenters. The van der Waals surface area contributed by atoms with Gasteiger partial charge in [-0.3, -0.25) is 5.32 Å². The topological polar surface area (TPSA) is 79.2 Å². The second kappa shape index (κ2) is 6.56. The Morgan fingerprint density at radius 1 is 1.47 bits per heavy atom. The highest BCUT2D eigenvalue weighted by Gasteiger charge is 2.16. The first-order valence-electron chi connectivity index (χ1n) is 6.92. The molecular formula is C13H22N4O2. The molecule has 0 bridgehead atoms. The summed E-state index contributed by atoms with van der Waals surface area (Å²) in [5.41, 5.74) is 0.821. The lowest BCUT2D eigenvalue weighted by molar-refractivity contribution is 0.243. The number of nitrogens with one attached hydrogen (secondary N) is 2. The van der Waals surface area contributed by atoms with Crippen molar-refractivity contribution in [2.24, 2.45) is 0 Å². The zero-order chi connectivity index (χ0) is 13.7. The summed E-state index contributed by atoms with van der Waals surface area (Å²) in [6, 6.07) is 1.89. The lowest BCUT2D eigenvalue weighted by Gasteiger charge is -2.22. The Labute approximate surface area is 113 Å². The molecule has 6 heteroatoms. The summed E-state index contributed by atoms with van der Waals surface area (Å²) >= 11 is 0. The van der Waals surface area contributed by atoms with Gasteiger partial charge in [-0.2, -0.15) is 5.10 Å². The number of carbonyl (C=O) groups excluding carboxylic acids is 1. The minimum absolute atomic E-state index is 0.0000437. The smallest absolute Gasteiger partial charge is 0.320 e. The molecule has 0 aliphatic heterocycles. The first-order valence-corrected chi connectivity index (χ1v) is 6.92. The Morgan fingerprint density at radius 3 is 2.89 bits per heavy atom. The fraction of sp³-hybridized carbons (Fsp3) is 0.692. The summed E-state index contributed by atoms with van der Waals surface area (Å²) in [5.74, 6) is 0.625. The van der Waals surface area contributed by atoms with Crippen LogP contribution in [0.5, 0.6) is 0 Å². The van der Waals surface area contributed by atoms with E-state index in [4.69, 9.17) is 5.11 Å². The number of rotatable bonds is 4. The lowest BCUT2D eigenvalue weighted by Crippen LogP contribution is -2.39. The summed E-state index contributed by atoms with van der Waals surface area (Å²) in [5, 5.41) is 19.0. The summed E-state index contributed by atoms with van der Waals surface area (Å²) < 4.78 is 1.61. The van der Waals surface area contributed by atoms with E-state index in [9.17, 15) is 4.79 Å². The van der Waals surface area contributed by atoms with E-state index >= 15 is 0 Å². The van der Waals surface area contributed by atoms with E-state index in [1.54, 1.807) is 10.7 Å². The van der Waals surface area contributed by atoms with E-state index in [1.165, 1.54) is 19.3 Å². The van der Waals surface area contributed by atoms with E-state index < -0.39 is 0 Å². The fourth-order valence-corrected chi connectivity index (χ4v) is 2.50. The molecule has 1 aliphatic rings. The molecule has 106 valence electrons. The van der Waals surface area contributed by atoms with Crippen molar-refractivity contribution in [1.82, 2.24) is 15.1 Å². The van der Waals surface area contributed by atoms with Gasteiger partial charge in [0.2, 0.25) is 0 Å². The van der Waals surface area contributed by atoms with E-state index in [0.29, 0.717) is 12.4 Å². The number of amides is 2. The standard InChI is InChI=1S/C13H22N4O2/c1-10-9-12(17(16-10)7-8-18)15-13(19)14-11-5-3-2-4-6-11/h9,11,18H,2-8H2,1H3,(H2,14,15,19). The third-order valence-electron chi connectivity index (χ3n) is 3.40. The number of hydrogen-bond acceptors (Lipinski definition) is 3. The first-order chi connectivity index (χ1) is 9.19. The van der Waals surface area contributed by atoms with E-state index in [1.807, 2.05) is 6.92 Å². The number of urea groups is 1. The van der Waals surface area contributed by atoms with Crippen molar-refractivity contribution in [3.8, 4) is 0 Å². The zero-order valence-corrected chi connectivity index (χ0v) is 11.4. The van der Waals surface area contributed by atoms with Gasteiger partial charge in [0.05, 0.1) is 18.8 Å². The van der Waals surface area contributed by atoms with Crippen LogP contribution in [0, 0.1) is 6.92 Å². The molecular weight excluding hydrogens is 244 g/mol. The van der Waals surface area contributed by atoms with Crippen LogP contribution in [-0.4, -0.2) is 33.6 Å². The predicted octanol–water partition coefficient (Wildman–Crippen LogP) is 1.64. The van der Waals surface area contributed by atoms with Crippen molar-refractivity contribution >= 4 is 11.8 Å². The fourth-order valence-electron chi connectivity index (χ4n) is 2.50. The van der Waals surface area contributed by atoms with Crippen LogP contribution < -0.4 is 10.6 Å². The summed E-state index contributed by atoms with van der Waals surface area (Å²) in [4.78, 5) is 11.9. The molecule has 0 radical (unpaired) electrons. The van der Waals surface area contributed by atoms with Crippen molar-refractivity contribution in [3.05, 3.63) is 11.8 Å². The van der Waals surface area contributed by atoms with Gasteiger partial charge in [0.15, 0.2) is 0 Å². The Kier molecular flexibility index (Phi) is 4.79. The molecule has 1 aromatic rings. The van der Waals surface area contributed by atoms with Crippen molar-refractivity contribution in [2.75, 3.05) is 11.9 Å². The van der Waals surface area contributed by atoms with Crippen LogP contribution in [0.1, 0.15) is 37.8 Å². The SMILES string of the molecule is Cc1cc(NC(=O)NC2CCCCC2)n(CCO)n1. The van der Waals surface area contributed by atoms with Crippen molar-refractivity contribution in [1.29, 1.82) is 0 Å². The second-order valence-electron chi connectivity index (χ2n) is 5.05. The molecule has 1 aromatic heterocycles. The molecule has 0 atom stereocenters. The quantitative estimate of drug-likeness (QED) is 0.775. The molecule has 0 spiro atoms. The van der Waals surface area contributed by atoms with Gasteiger partial charge < -0.3 is 10.4 Å². The molecule has 19 heavy (non-hydrogen) atoms. The molecule has 2 rings (SSSR count). The average molecular weight is 266 g/mol. The van der Waals surface area contributed by atoms with Crippen LogP contribution in [0.15, 0.2) is 6.07 Å². The third-order valence-corrected chi connectivity index (χ3v) is 3.40. The highest BCUT2D eigenvalue weighted by molar-refractivity contribution is 5.88. The van der Waals surface area contributed by atoms with Gasteiger partial charge in [-0.1, -0.05) is 19.3 Å². The summed E-state index contributed by atoms with van der Waals surface area (Å²) in [7, 11) is 0. The van der Waals surface area contributed by atoms with Gasteiger partial charge in [0.1, 0.15) is 5.82 Å². The van der Waals surface area contributed by atoms with Crippen LogP contribution in [0.3, 0.4) is 0 Å². The number of nitrogens with zero attached hydrogens (tertiary/aromatic N) is 2. The molecule has 1 saturated carbocycles. The number of aliphatic hydroxyl groups excluding tert-OH is 1. The number of carbonyl (C=O) groups is 1. The Bertz CT molecular complexity index is 424. The molecule has 1 heterocycles. The van der Waals surface area contributed by atoms with Crippen LogP contribution in [0.4, 0.5) is 10.6 Å². The molecule has 2 amide bonds. The van der Waals surface area contributed by atoms with Crippen molar-refractivity contribution < 1.29 is 9.90 Å². The number of aliphatic hydroxyl groups is 1. The molecule has 0 saturated heterocycles. The summed E-state index contributed by atoms with van der Waals surface area (Å²) in [6.45, 7) is 2.24. The molecule has 1 aliphatic carbocycles. The number of anilines is 1. The van der Waals surface area contributed by atoms with Crippen LogP contribution >= 0.6 is 0 Å². The van der Waals surface area contributed by atoms with E-state index in [-0.39, 0.29) is 18.7 Å². The minimum atomic E-state index is -0.189. The second-order valence-corrected chi connectivity index (χ2v) is 5.05. The molecule has 0 aromatic carbocycles. The number of aromatic nitrogens is 2. The maximum Gasteiger partial charge on any atom is 0.320 e.